The highest BCUT2D eigenvalue weighted by molar-refractivity contribution is 5.71. The quantitative estimate of drug-likeness (QED) is 0.0261. The molecule has 0 aromatic heterocycles. The smallest absolute Gasteiger partial charge is 0.306 e. The Morgan fingerprint density at radius 3 is 0.768 bits per heavy atom. The average Bonchev–Trinajstić information content (AvgIpc) is 3.48. The summed E-state index contributed by atoms with van der Waals surface area (Å²) in [5.74, 6) is -0.956. The summed E-state index contributed by atoms with van der Waals surface area (Å²) in [5.41, 5.74) is 0. The highest BCUT2D eigenvalue weighted by Crippen LogP contribution is 2.15. The van der Waals surface area contributed by atoms with Crippen LogP contribution in [0.3, 0.4) is 0 Å². The van der Waals surface area contributed by atoms with Crippen LogP contribution in [-0.4, -0.2) is 37.2 Å². The SMILES string of the molecule is CC/C=C\C/C=C\C/C=C\C/C=C\C/C=C\C/C=C\C/C=C\C/C=C\CCCCC(=O)OCC(COC(=O)CCCCCCCCCCCCCCCC)OC(=O)CCCCCCCCC/C=C\C/C=C\C/C=C\C/C=C\C/C=C\CC. The molecule has 0 aliphatic rings. The lowest BCUT2D eigenvalue weighted by Crippen LogP contribution is -2.30. The van der Waals surface area contributed by atoms with Gasteiger partial charge in [0.05, 0.1) is 0 Å². The van der Waals surface area contributed by atoms with Gasteiger partial charge in [0.15, 0.2) is 6.10 Å². The molecule has 1 atom stereocenters. The van der Waals surface area contributed by atoms with Gasteiger partial charge in [0.25, 0.3) is 0 Å². The van der Waals surface area contributed by atoms with Gasteiger partial charge in [0, 0.05) is 19.3 Å². The Morgan fingerprint density at radius 2 is 0.476 bits per heavy atom. The molecule has 0 N–H and O–H groups in total. The van der Waals surface area contributed by atoms with E-state index in [1.807, 2.05) is 0 Å². The Hall–Kier alpha value is -4.97. The maximum Gasteiger partial charge on any atom is 0.306 e. The van der Waals surface area contributed by atoms with Crippen molar-refractivity contribution in [2.45, 2.75) is 290 Å². The monoisotopic (exact) mass is 1130 g/mol. The molecular weight excluding hydrogens is 1010 g/mol. The van der Waals surface area contributed by atoms with Crippen LogP contribution in [0.4, 0.5) is 0 Å². The maximum absolute atomic E-state index is 12.9. The molecule has 1 unspecified atom stereocenters. The number of ether oxygens (including phenoxy) is 3. The lowest BCUT2D eigenvalue weighted by molar-refractivity contribution is -0.167. The number of carbonyl (C=O) groups is 3. The first-order valence-corrected chi connectivity index (χ1v) is 33.5. The van der Waals surface area contributed by atoms with Crippen molar-refractivity contribution in [1.82, 2.24) is 0 Å². The predicted molar refractivity (Wildman–Crippen MR) is 357 cm³/mol. The van der Waals surface area contributed by atoms with Crippen molar-refractivity contribution in [3.05, 3.63) is 158 Å². The number of carbonyl (C=O) groups excluding carboxylic acids is 3. The van der Waals surface area contributed by atoms with Crippen molar-refractivity contribution in [3.63, 3.8) is 0 Å². The Morgan fingerprint density at radius 1 is 0.256 bits per heavy atom. The van der Waals surface area contributed by atoms with Crippen LogP contribution in [0.25, 0.3) is 0 Å². The number of hydrogen-bond acceptors (Lipinski definition) is 6. The van der Waals surface area contributed by atoms with E-state index < -0.39 is 6.10 Å². The predicted octanol–water partition coefficient (Wildman–Crippen LogP) is 23.3. The minimum absolute atomic E-state index is 0.100. The van der Waals surface area contributed by atoms with E-state index in [1.54, 1.807) is 0 Å². The van der Waals surface area contributed by atoms with E-state index in [0.29, 0.717) is 25.7 Å². The zero-order chi connectivity index (χ0) is 59.2. The van der Waals surface area contributed by atoms with Crippen LogP contribution in [0.1, 0.15) is 284 Å². The number of esters is 3. The Labute approximate surface area is 505 Å². The summed E-state index contributed by atoms with van der Waals surface area (Å²) in [6, 6.07) is 0. The maximum atomic E-state index is 12.9. The minimum atomic E-state index is -0.810. The van der Waals surface area contributed by atoms with Crippen molar-refractivity contribution in [1.29, 1.82) is 0 Å². The van der Waals surface area contributed by atoms with Crippen LogP contribution in [0, 0.1) is 0 Å². The van der Waals surface area contributed by atoms with Gasteiger partial charge in [-0.05, 0) is 128 Å². The number of allylic oxidation sites excluding steroid dienone is 26. The van der Waals surface area contributed by atoms with Crippen molar-refractivity contribution in [3.8, 4) is 0 Å². The topological polar surface area (TPSA) is 78.9 Å². The second kappa shape index (κ2) is 68.5. The van der Waals surface area contributed by atoms with Crippen LogP contribution < -0.4 is 0 Å². The first kappa shape index (κ1) is 77.0. The van der Waals surface area contributed by atoms with Crippen molar-refractivity contribution in [2.24, 2.45) is 0 Å². The molecular formula is C76H122O6. The molecule has 0 aromatic carbocycles. The highest BCUT2D eigenvalue weighted by Gasteiger charge is 2.19. The van der Waals surface area contributed by atoms with Gasteiger partial charge in [-0.2, -0.15) is 0 Å². The average molecular weight is 1130 g/mol. The van der Waals surface area contributed by atoms with E-state index in [0.717, 1.165) is 148 Å². The Kier molecular flexibility index (Phi) is 64.4. The first-order valence-electron chi connectivity index (χ1n) is 33.5. The molecule has 82 heavy (non-hydrogen) atoms. The fourth-order valence-electron chi connectivity index (χ4n) is 8.84. The van der Waals surface area contributed by atoms with E-state index in [4.69, 9.17) is 14.2 Å². The molecule has 0 bridgehead atoms. The Balaban J connectivity index is 4.48. The second-order valence-electron chi connectivity index (χ2n) is 21.6. The van der Waals surface area contributed by atoms with Gasteiger partial charge in [0.1, 0.15) is 13.2 Å². The summed E-state index contributed by atoms with van der Waals surface area (Å²) in [7, 11) is 0. The Bertz CT molecular complexity index is 1830. The molecule has 0 radical (unpaired) electrons. The van der Waals surface area contributed by atoms with Gasteiger partial charge in [-0.25, -0.2) is 0 Å². The summed E-state index contributed by atoms with van der Waals surface area (Å²) in [6.45, 7) is 6.38. The molecule has 0 aromatic rings. The van der Waals surface area contributed by atoms with E-state index in [2.05, 4.69) is 179 Å². The van der Waals surface area contributed by atoms with E-state index in [1.165, 1.54) is 89.9 Å². The molecule has 0 fully saturated rings. The first-order chi connectivity index (χ1) is 40.5. The summed E-state index contributed by atoms with van der Waals surface area (Å²) in [4.78, 5) is 38.4. The number of hydrogen-bond donors (Lipinski definition) is 0. The lowest BCUT2D eigenvalue weighted by Gasteiger charge is -2.18. The van der Waals surface area contributed by atoms with Gasteiger partial charge >= 0.3 is 17.9 Å². The van der Waals surface area contributed by atoms with Crippen LogP contribution in [0.2, 0.25) is 0 Å². The number of rotatable bonds is 59. The molecule has 462 valence electrons. The minimum Gasteiger partial charge on any atom is -0.462 e. The molecule has 0 amide bonds. The molecule has 0 saturated carbocycles. The van der Waals surface area contributed by atoms with E-state index in [-0.39, 0.29) is 31.1 Å². The van der Waals surface area contributed by atoms with Gasteiger partial charge in [-0.15, -0.1) is 0 Å². The van der Waals surface area contributed by atoms with Crippen LogP contribution in [-0.2, 0) is 28.6 Å². The fourth-order valence-corrected chi connectivity index (χ4v) is 8.84. The van der Waals surface area contributed by atoms with Gasteiger partial charge < -0.3 is 14.2 Å². The third kappa shape index (κ3) is 65.8. The van der Waals surface area contributed by atoms with Crippen LogP contribution in [0.15, 0.2) is 158 Å². The summed E-state index contributed by atoms with van der Waals surface area (Å²) in [6.07, 6.45) is 99.6. The van der Waals surface area contributed by atoms with Gasteiger partial charge in [-0.1, -0.05) is 294 Å². The summed E-state index contributed by atoms with van der Waals surface area (Å²) >= 11 is 0. The van der Waals surface area contributed by atoms with E-state index >= 15 is 0 Å². The molecule has 6 heteroatoms. The fraction of sp³-hybridized carbons (Fsp3) is 0.618. The van der Waals surface area contributed by atoms with Crippen molar-refractivity contribution >= 4 is 17.9 Å². The summed E-state index contributed by atoms with van der Waals surface area (Å²) in [5, 5.41) is 0. The molecule has 0 aliphatic carbocycles. The third-order valence-electron chi connectivity index (χ3n) is 13.8. The van der Waals surface area contributed by atoms with Crippen LogP contribution >= 0.6 is 0 Å². The third-order valence-corrected chi connectivity index (χ3v) is 13.8. The zero-order valence-corrected chi connectivity index (χ0v) is 52.9. The van der Waals surface area contributed by atoms with Crippen molar-refractivity contribution < 1.29 is 28.6 Å². The summed E-state index contributed by atoms with van der Waals surface area (Å²) < 4.78 is 16.9. The van der Waals surface area contributed by atoms with Gasteiger partial charge in [-0.3, -0.25) is 14.4 Å². The van der Waals surface area contributed by atoms with Gasteiger partial charge in [0.2, 0.25) is 0 Å². The molecule has 0 heterocycles. The zero-order valence-electron chi connectivity index (χ0n) is 52.9. The number of unbranched alkanes of at least 4 members (excludes halogenated alkanes) is 22. The molecule has 0 saturated heterocycles. The second-order valence-corrected chi connectivity index (χ2v) is 21.6. The molecule has 0 spiro atoms. The molecule has 0 rings (SSSR count). The standard InChI is InChI=1S/C76H122O6/c1-4-7-10-13-16-19-22-25-28-30-32-34-36-37-38-39-41-42-44-46-48-51-54-57-60-63-66-69-75(78)81-72-73(71-80-74(77)68-65-62-59-56-53-50-27-24-21-18-15-12-9-6-3)82-76(79)70-67-64-61-58-55-52-49-47-45-43-40-35-33-31-29-26-23-20-17-14-11-8-5-2/h7-8,10-11,16-17,19-20,25-26,28-29,32-35,37-38,41-43,45-46,48,54,57,73H,4-6,9,12-15,18,21-24,27,30-31,36,39-40,44,47,49-53,55-56,58-72H2,1-3H3/b10-7-,11-8-,19-16-,20-17-,28-25-,29-26-,34-32-,35-33-,38-37-,42-41-,45-43-,48-46-,57-54-. The lowest BCUT2D eigenvalue weighted by atomic mass is 10.0. The normalized spacial score (nSPS) is 13.2. The van der Waals surface area contributed by atoms with Crippen LogP contribution in [0.5, 0.6) is 0 Å². The molecule has 0 aliphatic heterocycles. The van der Waals surface area contributed by atoms with E-state index in [9.17, 15) is 14.4 Å². The molecule has 6 nitrogen and oxygen atoms in total. The highest BCUT2D eigenvalue weighted by atomic mass is 16.6. The van der Waals surface area contributed by atoms with Crippen molar-refractivity contribution in [2.75, 3.05) is 13.2 Å². The largest absolute Gasteiger partial charge is 0.462 e.